The van der Waals surface area contributed by atoms with Gasteiger partial charge in [-0.15, -0.1) is 0 Å². The number of hydrogen-bond acceptors (Lipinski definition) is 3. The molecule has 122 valence electrons. The third-order valence-electron chi connectivity index (χ3n) is 5.97. The Hall–Kier alpha value is -0.120. The fourth-order valence-corrected chi connectivity index (χ4v) is 4.63. The van der Waals surface area contributed by atoms with Crippen LogP contribution >= 0.6 is 0 Å². The Morgan fingerprint density at radius 1 is 1.14 bits per heavy atom. The van der Waals surface area contributed by atoms with Crippen molar-refractivity contribution in [2.24, 2.45) is 5.41 Å². The van der Waals surface area contributed by atoms with E-state index in [9.17, 15) is 0 Å². The van der Waals surface area contributed by atoms with Gasteiger partial charge < -0.3 is 14.8 Å². The highest BCUT2D eigenvalue weighted by Crippen LogP contribution is 2.53. The molecule has 1 spiro atoms. The summed E-state index contributed by atoms with van der Waals surface area (Å²) in [5.41, 5.74) is 0.447. The first kappa shape index (κ1) is 15.8. The summed E-state index contributed by atoms with van der Waals surface area (Å²) < 4.78 is 12.2. The highest BCUT2D eigenvalue weighted by molar-refractivity contribution is 5.08. The van der Waals surface area contributed by atoms with Gasteiger partial charge in [0.05, 0.1) is 18.8 Å². The van der Waals surface area contributed by atoms with Crippen molar-refractivity contribution in [3.8, 4) is 0 Å². The van der Waals surface area contributed by atoms with Crippen molar-refractivity contribution in [2.75, 3.05) is 19.8 Å². The zero-order valence-corrected chi connectivity index (χ0v) is 13.7. The Balaban J connectivity index is 1.51. The molecule has 3 unspecified atom stereocenters. The van der Waals surface area contributed by atoms with Crippen LogP contribution in [0, 0.1) is 5.41 Å². The number of nitrogens with one attached hydrogen (secondary N) is 1. The molecule has 0 aromatic rings. The highest BCUT2D eigenvalue weighted by atomic mass is 16.5. The second-order valence-corrected chi connectivity index (χ2v) is 7.35. The minimum atomic E-state index is 0.363. The zero-order valence-electron chi connectivity index (χ0n) is 13.7. The van der Waals surface area contributed by atoms with Crippen LogP contribution < -0.4 is 5.32 Å². The molecule has 3 atom stereocenters. The lowest BCUT2D eigenvalue weighted by Gasteiger charge is -2.58. The van der Waals surface area contributed by atoms with E-state index in [1.807, 2.05) is 0 Å². The SMILES string of the molecule is CCCNC1CC(OCC2CCCCO2)C12CCCCC2. The largest absolute Gasteiger partial charge is 0.376 e. The van der Waals surface area contributed by atoms with Crippen LogP contribution in [0.1, 0.15) is 71.1 Å². The maximum absolute atomic E-state index is 6.36. The van der Waals surface area contributed by atoms with E-state index in [0.717, 1.165) is 19.8 Å². The smallest absolute Gasteiger partial charge is 0.0808 e. The molecule has 1 saturated heterocycles. The van der Waals surface area contributed by atoms with Gasteiger partial charge in [0.15, 0.2) is 0 Å². The molecule has 1 N–H and O–H groups in total. The lowest BCUT2D eigenvalue weighted by Crippen LogP contribution is -2.64. The van der Waals surface area contributed by atoms with Gasteiger partial charge in [-0.05, 0) is 51.5 Å². The van der Waals surface area contributed by atoms with Crippen LogP contribution in [0.3, 0.4) is 0 Å². The molecule has 0 aromatic carbocycles. The molecule has 3 heteroatoms. The number of rotatable bonds is 6. The normalized spacial score (nSPS) is 35.6. The van der Waals surface area contributed by atoms with Crippen LogP contribution in [0.4, 0.5) is 0 Å². The van der Waals surface area contributed by atoms with Gasteiger partial charge in [0, 0.05) is 18.1 Å². The molecule has 2 aliphatic carbocycles. The van der Waals surface area contributed by atoms with Gasteiger partial charge in [0.2, 0.25) is 0 Å². The molecule has 3 fully saturated rings. The molecule has 1 heterocycles. The van der Waals surface area contributed by atoms with Crippen molar-refractivity contribution in [2.45, 2.75) is 89.4 Å². The summed E-state index contributed by atoms with van der Waals surface area (Å²) in [5, 5.41) is 3.79. The molecule has 0 radical (unpaired) electrons. The minimum absolute atomic E-state index is 0.363. The van der Waals surface area contributed by atoms with Gasteiger partial charge in [-0.2, -0.15) is 0 Å². The fourth-order valence-electron chi connectivity index (χ4n) is 4.63. The molecule has 0 aromatic heterocycles. The summed E-state index contributed by atoms with van der Waals surface area (Å²) >= 11 is 0. The molecular formula is C18H33NO2. The predicted molar refractivity (Wildman–Crippen MR) is 85.5 cm³/mol. The van der Waals surface area contributed by atoms with E-state index < -0.39 is 0 Å². The van der Waals surface area contributed by atoms with Crippen molar-refractivity contribution in [3.63, 3.8) is 0 Å². The fraction of sp³-hybridized carbons (Fsp3) is 1.00. The van der Waals surface area contributed by atoms with Gasteiger partial charge in [0.1, 0.15) is 0 Å². The Morgan fingerprint density at radius 3 is 2.71 bits per heavy atom. The molecule has 0 bridgehead atoms. The van der Waals surface area contributed by atoms with Crippen LogP contribution in [0.5, 0.6) is 0 Å². The van der Waals surface area contributed by atoms with Gasteiger partial charge in [-0.25, -0.2) is 0 Å². The maximum atomic E-state index is 6.36. The summed E-state index contributed by atoms with van der Waals surface area (Å²) in [6.45, 7) is 5.18. The van der Waals surface area contributed by atoms with E-state index >= 15 is 0 Å². The summed E-state index contributed by atoms with van der Waals surface area (Å²) in [6.07, 6.45) is 14.0. The first-order chi connectivity index (χ1) is 10.3. The standard InChI is InChI=1S/C18H33NO2/c1-2-11-19-16-13-17(18(16)9-5-3-6-10-18)21-14-15-8-4-7-12-20-15/h15-17,19H,2-14H2,1H3. The molecule has 0 amide bonds. The quantitative estimate of drug-likeness (QED) is 0.811. The van der Waals surface area contributed by atoms with Crippen LogP contribution in [0.15, 0.2) is 0 Å². The molecular weight excluding hydrogens is 262 g/mol. The monoisotopic (exact) mass is 295 g/mol. The first-order valence-corrected chi connectivity index (χ1v) is 9.32. The third kappa shape index (κ3) is 3.46. The molecule has 21 heavy (non-hydrogen) atoms. The summed E-state index contributed by atoms with van der Waals surface area (Å²) in [4.78, 5) is 0. The second-order valence-electron chi connectivity index (χ2n) is 7.35. The average Bonchev–Trinajstić information content (AvgIpc) is 2.55. The van der Waals surface area contributed by atoms with Gasteiger partial charge in [0.25, 0.3) is 0 Å². The van der Waals surface area contributed by atoms with E-state index in [2.05, 4.69) is 12.2 Å². The zero-order chi connectivity index (χ0) is 14.5. The van der Waals surface area contributed by atoms with E-state index in [0.29, 0.717) is 23.7 Å². The van der Waals surface area contributed by atoms with Gasteiger partial charge in [-0.3, -0.25) is 0 Å². The topological polar surface area (TPSA) is 30.5 Å². The Labute approximate surface area is 130 Å². The Kier molecular flexibility index (Phi) is 5.58. The van der Waals surface area contributed by atoms with Crippen molar-refractivity contribution < 1.29 is 9.47 Å². The first-order valence-electron chi connectivity index (χ1n) is 9.32. The van der Waals surface area contributed by atoms with Crippen molar-refractivity contribution >= 4 is 0 Å². The summed E-state index contributed by atoms with van der Waals surface area (Å²) in [6, 6.07) is 0.704. The van der Waals surface area contributed by atoms with Crippen LogP contribution in [-0.4, -0.2) is 38.0 Å². The predicted octanol–water partition coefficient (Wildman–Crippen LogP) is 3.66. The van der Waals surface area contributed by atoms with E-state index in [4.69, 9.17) is 9.47 Å². The lowest BCUT2D eigenvalue weighted by atomic mass is 9.55. The van der Waals surface area contributed by atoms with Crippen molar-refractivity contribution in [1.29, 1.82) is 0 Å². The molecule has 3 nitrogen and oxygen atoms in total. The van der Waals surface area contributed by atoms with Gasteiger partial charge >= 0.3 is 0 Å². The minimum Gasteiger partial charge on any atom is -0.376 e. The lowest BCUT2D eigenvalue weighted by molar-refractivity contribution is -0.172. The van der Waals surface area contributed by atoms with Crippen molar-refractivity contribution in [1.82, 2.24) is 5.32 Å². The Morgan fingerprint density at radius 2 is 2.00 bits per heavy atom. The third-order valence-corrected chi connectivity index (χ3v) is 5.97. The molecule has 3 rings (SSSR count). The highest BCUT2D eigenvalue weighted by Gasteiger charge is 2.55. The maximum Gasteiger partial charge on any atom is 0.0808 e. The van der Waals surface area contributed by atoms with Crippen molar-refractivity contribution in [3.05, 3.63) is 0 Å². The number of hydrogen-bond donors (Lipinski definition) is 1. The van der Waals surface area contributed by atoms with E-state index in [-0.39, 0.29) is 0 Å². The number of ether oxygens (including phenoxy) is 2. The van der Waals surface area contributed by atoms with E-state index in [1.54, 1.807) is 0 Å². The van der Waals surface area contributed by atoms with Crippen LogP contribution in [-0.2, 0) is 9.47 Å². The second kappa shape index (κ2) is 7.43. The van der Waals surface area contributed by atoms with E-state index in [1.165, 1.54) is 64.2 Å². The Bertz CT molecular complexity index is 308. The summed E-state index contributed by atoms with van der Waals surface area (Å²) in [5.74, 6) is 0. The van der Waals surface area contributed by atoms with Gasteiger partial charge in [-0.1, -0.05) is 26.2 Å². The summed E-state index contributed by atoms with van der Waals surface area (Å²) in [7, 11) is 0. The molecule has 2 saturated carbocycles. The molecule has 3 aliphatic rings. The molecule has 1 aliphatic heterocycles. The van der Waals surface area contributed by atoms with Crippen LogP contribution in [0.25, 0.3) is 0 Å². The van der Waals surface area contributed by atoms with Crippen LogP contribution in [0.2, 0.25) is 0 Å². The average molecular weight is 295 g/mol.